The molecule has 2 aliphatic carbocycles. The molecule has 3 aromatic rings. The Kier molecular flexibility index (Phi) is 18.2. The fourth-order valence-corrected chi connectivity index (χ4v) is 11.1. The van der Waals surface area contributed by atoms with E-state index in [1.807, 2.05) is 77.9 Å². The molecule has 18 heteroatoms. The second-order valence-electron chi connectivity index (χ2n) is 23.5. The summed E-state index contributed by atoms with van der Waals surface area (Å²) in [5, 5.41) is 21.1. The average Bonchev–Trinajstić information content (AvgIpc) is 4.03. The minimum Gasteiger partial charge on any atom is -0.347 e. The maximum Gasteiger partial charge on any atom is 0.253 e. The highest BCUT2D eigenvalue weighted by molar-refractivity contribution is 5.99. The predicted octanol–water partition coefficient (Wildman–Crippen LogP) is 4.24. The third-order valence-electron chi connectivity index (χ3n) is 15.8. The summed E-state index contributed by atoms with van der Waals surface area (Å²) >= 11 is 0. The number of fused-ring (bicyclic) bond motifs is 2. The molecule has 0 bridgehead atoms. The average molecular weight is 1050 g/mol. The number of rotatable bonds is 17. The fourth-order valence-electron chi connectivity index (χ4n) is 11.1. The molecule has 4 aliphatic rings. The lowest BCUT2D eigenvalue weighted by molar-refractivity contribution is -0.144. The van der Waals surface area contributed by atoms with Gasteiger partial charge in [0.15, 0.2) is 5.78 Å². The number of hydrogen-bond donors (Lipinski definition) is 7. The maximum atomic E-state index is 14.7. The molecule has 18 nitrogen and oxygen atoms in total. The van der Waals surface area contributed by atoms with E-state index in [0.717, 1.165) is 49.7 Å². The van der Waals surface area contributed by atoms with Crippen LogP contribution in [0.4, 0.5) is 0 Å². The SMILES string of the molecule is CN[C@@H](C)C(=O)N[C@H](C(=O)N1C[C@@H](CC(=O)c2ccc(C(=O)N[C@H]3C[C@@H](C(=O)N[C@@H]4CCCc5ccccc54)N(C(=O)[C@@H](NC(=O)[C@H](C)NC)C(C)(C)C)C3)cn2)C[C@H]1C(=O)N[C@@H]1CCCc2ccccc21)C(C)(C)C. The number of nitrogens with zero attached hydrogens (tertiary/aromatic N) is 3. The Balaban J connectivity index is 1.06. The highest BCUT2D eigenvalue weighted by Crippen LogP contribution is 2.35. The van der Waals surface area contributed by atoms with Crippen molar-refractivity contribution >= 4 is 47.1 Å². The van der Waals surface area contributed by atoms with Crippen LogP contribution in [0.15, 0.2) is 66.9 Å². The topological polar surface area (TPSA) is 240 Å². The van der Waals surface area contributed by atoms with Crippen LogP contribution in [0.2, 0.25) is 0 Å². The van der Waals surface area contributed by atoms with Gasteiger partial charge >= 0.3 is 0 Å². The number of carbonyl (C=O) groups excluding carboxylic acids is 8. The van der Waals surface area contributed by atoms with E-state index in [9.17, 15) is 38.4 Å². The highest BCUT2D eigenvalue weighted by atomic mass is 16.2. The van der Waals surface area contributed by atoms with Gasteiger partial charge in [-0.05, 0) is 130 Å². The maximum absolute atomic E-state index is 14.7. The molecule has 2 saturated heterocycles. The van der Waals surface area contributed by atoms with Gasteiger partial charge in [-0.25, -0.2) is 0 Å². The molecule has 410 valence electrons. The van der Waals surface area contributed by atoms with Crippen molar-refractivity contribution < 1.29 is 38.4 Å². The molecule has 2 aliphatic heterocycles. The van der Waals surface area contributed by atoms with Crippen LogP contribution in [-0.4, -0.2) is 131 Å². The molecule has 2 aromatic carbocycles. The van der Waals surface area contributed by atoms with Gasteiger partial charge in [-0.1, -0.05) is 90.1 Å². The van der Waals surface area contributed by atoms with Crippen molar-refractivity contribution in [1.29, 1.82) is 0 Å². The van der Waals surface area contributed by atoms with Crippen molar-refractivity contribution in [2.75, 3.05) is 27.2 Å². The summed E-state index contributed by atoms with van der Waals surface area (Å²) in [6.07, 6.45) is 6.69. The van der Waals surface area contributed by atoms with Crippen LogP contribution in [0.25, 0.3) is 0 Å². The number of aromatic nitrogens is 1. The van der Waals surface area contributed by atoms with Gasteiger partial charge in [0.2, 0.25) is 35.4 Å². The second kappa shape index (κ2) is 24.2. The molecule has 0 unspecified atom stereocenters. The first-order valence-electron chi connectivity index (χ1n) is 27.1. The Morgan fingerprint density at radius 1 is 0.618 bits per heavy atom. The highest BCUT2D eigenvalue weighted by Gasteiger charge is 2.48. The zero-order chi connectivity index (χ0) is 55.2. The number of Topliss-reactive ketones (excluding diaryl/α,β-unsaturated/α-hetero) is 1. The number of aryl methyl sites for hydroxylation is 2. The van der Waals surface area contributed by atoms with E-state index >= 15 is 0 Å². The van der Waals surface area contributed by atoms with Crippen molar-refractivity contribution in [2.45, 2.75) is 168 Å². The second-order valence-corrected chi connectivity index (χ2v) is 23.5. The standard InChI is InChI=1S/C58H80N10O8/c1-33(59-9)50(70)65-48(57(3,4)5)55(75)67-31-35(27-45(67)53(73)63-42-23-15-19-36-17-11-13-21-40(36)42)28-47(69)44-26-25-38(30-61-44)52(72)62-39-29-46(54(74)64-43-24-16-20-37-18-12-14-22-41(37)43)68(32-39)56(76)49(58(6,7)8)66-51(71)34(2)60-10/h11-14,17-18,21-22,25-26,30,33-35,39,42-43,45-46,48-49,59-60H,15-16,19-20,23-24,27-29,31-32H2,1-10H3,(H,62,72)(H,63,73)(H,64,74)(H,65,70)(H,66,71)/t33-,34-,35+,39-,42+,43+,45-,46-,48+,49+/m0/s1. The number of nitrogens with one attached hydrogen (secondary N) is 7. The van der Waals surface area contributed by atoms with Crippen LogP contribution < -0.4 is 37.2 Å². The molecule has 2 fully saturated rings. The van der Waals surface area contributed by atoms with E-state index < -0.39 is 76.8 Å². The number of ketones is 1. The van der Waals surface area contributed by atoms with Crippen LogP contribution in [0, 0.1) is 16.7 Å². The third kappa shape index (κ3) is 13.3. The number of hydrogen-bond acceptors (Lipinski definition) is 11. The summed E-state index contributed by atoms with van der Waals surface area (Å²) in [6, 6.07) is 12.9. The van der Waals surface area contributed by atoms with E-state index in [-0.39, 0.29) is 85.1 Å². The Labute approximate surface area is 447 Å². The van der Waals surface area contributed by atoms with E-state index in [1.54, 1.807) is 27.9 Å². The molecule has 7 rings (SSSR count). The Bertz CT molecular complexity index is 2470. The predicted molar refractivity (Wildman–Crippen MR) is 289 cm³/mol. The minimum atomic E-state index is -0.985. The summed E-state index contributed by atoms with van der Waals surface area (Å²) < 4.78 is 0. The first-order valence-corrected chi connectivity index (χ1v) is 27.1. The van der Waals surface area contributed by atoms with E-state index in [4.69, 9.17) is 0 Å². The molecule has 0 radical (unpaired) electrons. The molecule has 3 heterocycles. The number of benzene rings is 2. The number of likely N-dealkylation sites (tertiary alicyclic amines) is 2. The Morgan fingerprint density at radius 3 is 1.55 bits per heavy atom. The molecular formula is C58H80N10O8. The Hall–Kier alpha value is -6.53. The fraction of sp³-hybridized carbons (Fsp3) is 0.569. The summed E-state index contributed by atoms with van der Waals surface area (Å²) in [4.78, 5) is 120. The zero-order valence-electron chi connectivity index (χ0n) is 46.0. The van der Waals surface area contributed by atoms with Crippen molar-refractivity contribution in [3.63, 3.8) is 0 Å². The van der Waals surface area contributed by atoms with Crippen LogP contribution >= 0.6 is 0 Å². The summed E-state index contributed by atoms with van der Waals surface area (Å²) in [7, 11) is 3.31. The van der Waals surface area contributed by atoms with Crippen molar-refractivity contribution in [3.05, 3.63) is 100 Å². The number of likely N-dealkylation sites (N-methyl/N-ethyl adjacent to an activating group) is 2. The number of carbonyl (C=O) groups is 8. The van der Waals surface area contributed by atoms with Gasteiger partial charge in [0, 0.05) is 31.7 Å². The summed E-state index contributed by atoms with van der Waals surface area (Å²) in [5.74, 6) is -3.52. The van der Waals surface area contributed by atoms with Gasteiger partial charge in [0.05, 0.1) is 29.7 Å². The van der Waals surface area contributed by atoms with Crippen LogP contribution in [0.3, 0.4) is 0 Å². The molecule has 1 aromatic heterocycles. The van der Waals surface area contributed by atoms with Crippen molar-refractivity contribution in [1.82, 2.24) is 52.0 Å². The first-order chi connectivity index (χ1) is 36.0. The van der Waals surface area contributed by atoms with Gasteiger partial charge in [-0.15, -0.1) is 0 Å². The lowest BCUT2D eigenvalue weighted by atomic mass is 9.85. The van der Waals surface area contributed by atoms with Gasteiger partial charge in [0.25, 0.3) is 5.91 Å². The molecular weight excluding hydrogens is 965 g/mol. The first kappa shape index (κ1) is 57.2. The van der Waals surface area contributed by atoms with Crippen LogP contribution in [-0.2, 0) is 41.6 Å². The third-order valence-corrected chi connectivity index (χ3v) is 15.8. The van der Waals surface area contributed by atoms with Crippen molar-refractivity contribution in [3.8, 4) is 0 Å². The molecule has 76 heavy (non-hydrogen) atoms. The molecule has 10 atom stereocenters. The smallest absolute Gasteiger partial charge is 0.253 e. The lowest BCUT2D eigenvalue weighted by Gasteiger charge is -2.36. The van der Waals surface area contributed by atoms with Gasteiger partial charge in [-0.3, -0.25) is 43.3 Å². The molecule has 7 amide bonds. The monoisotopic (exact) mass is 1040 g/mol. The van der Waals surface area contributed by atoms with E-state index in [0.29, 0.717) is 0 Å². The van der Waals surface area contributed by atoms with Gasteiger partial charge < -0.3 is 47.0 Å². The van der Waals surface area contributed by atoms with Gasteiger partial charge in [-0.2, -0.15) is 0 Å². The minimum absolute atomic E-state index is 0.00373. The van der Waals surface area contributed by atoms with E-state index in [2.05, 4.69) is 54.3 Å². The number of pyridine rings is 1. The quantitative estimate of drug-likeness (QED) is 0.0945. The van der Waals surface area contributed by atoms with Crippen LogP contribution in [0.5, 0.6) is 0 Å². The summed E-state index contributed by atoms with van der Waals surface area (Å²) in [6.45, 7) is 14.6. The van der Waals surface area contributed by atoms with E-state index in [1.165, 1.54) is 39.3 Å². The normalized spacial score (nSPS) is 22.9. The molecule has 7 N–H and O–H groups in total. The Morgan fingerprint density at radius 2 is 1.09 bits per heavy atom. The van der Waals surface area contributed by atoms with Gasteiger partial charge in [0.1, 0.15) is 29.9 Å². The van der Waals surface area contributed by atoms with Crippen LogP contribution in [0.1, 0.15) is 156 Å². The van der Waals surface area contributed by atoms with Crippen molar-refractivity contribution in [2.24, 2.45) is 16.7 Å². The zero-order valence-corrected chi connectivity index (χ0v) is 46.0. The molecule has 0 saturated carbocycles. The molecule has 0 spiro atoms. The lowest BCUT2D eigenvalue weighted by Crippen LogP contribution is -2.59. The number of amides is 7. The largest absolute Gasteiger partial charge is 0.347 e. The summed E-state index contributed by atoms with van der Waals surface area (Å²) in [5.41, 5.74) is 3.23.